The fourth-order valence-electron chi connectivity index (χ4n) is 1.94. The third kappa shape index (κ3) is 4.54. The molecular formula is C17H14IN3O3. The standard InChI is InChI=1S/C17H14IN3O3/c18-13-6-8-14(9-7-13)23-11-15(22)19-10-16-20-17(21-24-16)12-4-2-1-3-5-12/h1-9H,10-11H2,(H,19,22). The Morgan fingerprint density at radius 3 is 2.62 bits per heavy atom. The van der Waals surface area contributed by atoms with Gasteiger partial charge in [0.05, 0.1) is 6.54 Å². The molecule has 0 radical (unpaired) electrons. The molecule has 3 aromatic rings. The number of carbonyl (C=O) groups is 1. The number of aromatic nitrogens is 2. The first-order valence-corrected chi connectivity index (χ1v) is 8.31. The van der Waals surface area contributed by atoms with Crippen molar-refractivity contribution in [3.63, 3.8) is 0 Å². The number of amides is 1. The second kappa shape index (κ2) is 7.91. The minimum absolute atomic E-state index is 0.0692. The molecule has 0 unspecified atom stereocenters. The van der Waals surface area contributed by atoms with Gasteiger partial charge in [-0.05, 0) is 46.9 Å². The van der Waals surface area contributed by atoms with Crippen molar-refractivity contribution in [1.82, 2.24) is 15.5 Å². The number of hydrogen-bond acceptors (Lipinski definition) is 5. The van der Waals surface area contributed by atoms with E-state index in [2.05, 4.69) is 38.0 Å². The van der Waals surface area contributed by atoms with Gasteiger partial charge in [0.2, 0.25) is 11.7 Å². The van der Waals surface area contributed by atoms with Crippen LogP contribution in [-0.4, -0.2) is 22.7 Å². The van der Waals surface area contributed by atoms with E-state index in [4.69, 9.17) is 9.26 Å². The highest BCUT2D eigenvalue weighted by molar-refractivity contribution is 14.1. The van der Waals surface area contributed by atoms with Crippen LogP contribution >= 0.6 is 22.6 Å². The monoisotopic (exact) mass is 435 g/mol. The Hall–Kier alpha value is -2.42. The molecule has 0 fully saturated rings. The van der Waals surface area contributed by atoms with Crippen molar-refractivity contribution >= 4 is 28.5 Å². The molecular weight excluding hydrogens is 421 g/mol. The first-order valence-electron chi connectivity index (χ1n) is 7.24. The van der Waals surface area contributed by atoms with E-state index >= 15 is 0 Å². The summed E-state index contributed by atoms with van der Waals surface area (Å²) >= 11 is 2.21. The fraction of sp³-hybridized carbons (Fsp3) is 0.118. The molecule has 0 spiro atoms. The zero-order valence-corrected chi connectivity index (χ0v) is 14.8. The molecule has 0 aliphatic rings. The van der Waals surface area contributed by atoms with Crippen LogP contribution in [0.4, 0.5) is 0 Å². The summed E-state index contributed by atoms with van der Waals surface area (Å²) in [5.41, 5.74) is 0.862. The molecule has 6 nitrogen and oxygen atoms in total. The van der Waals surface area contributed by atoms with E-state index in [0.29, 0.717) is 17.5 Å². The number of nitrogens with one attached hydrogen (secondary N) is 1. The number of halogens is 1. The maximum Gasteiger partial charge on any atom is 0.258 e. The van der Waals surface area contributed by atoms with E-state index in [-0.39, 0.29) is 19.1 Å². The largest absolute Gasteiger partial charge is 0.484 e. The molecule has 7 heteroatoms. The van der Waals surface area contributed by atoms with Gasteiger partial charge in [-0.1, -0.05) is 35.5 Å². The summed E-state index contributed by atoms with van der Waals surface area (Å²) in [5, 5.41) is 6.58. The number of rotatable bonds is 6. The van der Waals surface area contributed by atoms with Gasteiger partial charge in [0, 0.05) is 9.13 Å². The van der Waals surface area contributed by atoms with Gasteiger partial charge >= 0.3 is 0 Å². The van der Waals surface area contributed by atoms with Crippen molar-refractivity contribution in [1.29, 1.82) is 0 Å². The maximum atomic E-state index is 11.8. The van der Waals surface area contributed by atoms with E-state index in [9.17, 15) is 4.79 Å². The van der Waals surface area contributed by atoms with E-state index in [1.807, 2.05) is 54.6 Å². The maximum absolute atomic E-state index is 11.8. The smallest absolute Gasteiger partial charge is 0.258 e. The molecule has 1 heterocycles. The molecule has 0 aliphatic heterocycles. The van der Waals surface area contributed by atoms with Crippen molar-refractivity contribution in [2.75, 3.05) is 6.61 Å². The molecule has 0 saturated carbocycles. The third-order valence-electron chi connectivity index (χ3n) is 3.12. The Labute approximate surface area is 152 Å². The van der Waals surface area contributed by atoms with Crippen LogP contribution in [0.3, 0.4) is 0 Å². The van der Waals surface area contributed by atoms with Gasteiger partial charge in [-0.3, -0.25) is 4.79 Å². The van der Waals surface area contributed by atoms with Crippen LogP contribution in [0, 0.1) is 3.57 Å². The molecule has 2 aromatic carbocycles. The predicted octanol–water partition coefficient (Wildman–Crippen LogP) is 3.04. The average Bonchev–Trinajstić information content (AvgIpc) is 3.09. The van der Waals surface area contributed by atoms with Crippen LogP contribution in [0.15, 0.2) is 59.1 Å². The Bertz CT molecular complexity index is 803. The van der Waals surface area contributed by atoms with Crippen molar-refractivity contribution in [2.45, 2.75) is 6.54 Å². The number of benzene rings is 2. The molecule has 0 saturated heterocycles. The Kier molecular flexibility index (Phi) is 5.42. The van der Waals surface area contributed by atoms with Crippen LogP contribution < -0.4 is 10.1 Å². The van der Waals surface area contributed by atoms with E-state index in [1.165, 1.54) is 0 Å². The lowest BCUT2D eigenvalue weighted by Gasteiger charge is -2.06. The lowest BCUT2D eigenvalue weighted by Crippen LogP contribution is -2.28. The first-order chi connectivity index (χ1) is 11.7. The van der Waals surface area contributed by atoms with E-state index in [1.54, 1.807) is 0 Å². The van der Waals surface area contributed by atoms with Crippen molar-refractivity contribution in [3.05, 3.63) is 64.1 Å². The molecule has 122 valence electrons. The lowest BCUT2D eigenvalue weighted by atomic mass is 10.2. The first kappa shape index (κ1) is 16.4. The predicted molar refractivity (Wildman–Crippen MR) is 96.2 cm³/mol. The highest BCUT2D eigenvalue weighted by Gasteiger charge is 2.10. The molecule has 0 aliphatic carbocycles. The summed E-state index contributed by atoms with van der Waals surface area (Å²) in [6.45, 7) is 0.0922. The highest BCUT2D eigenvalue weighted by Crippen LogP contribution is 2.15. The quantitative estimate of drug-likeness (QED) is 0.603. The SMILES string of the molecule is O=C(COc1ccc(I)cc1)NCc1nc(-c2ccccc2)no1. The minimum atomic E-state index is -0.256. The van der Waals surface area contributed by atoms with Gasteiger partial charge in [0.15, 0.2) is 6.61 Å². The molecule has 1 amide bonds. The molecule has 1 N–H and O–H groups in total. The highest BCUT2D eigenvalue weighted by atomic mass is 127. The second-order valence-corrected chi connectivity index (χ2v) is 6.14. The Balaban J connectivity index is 1.48. The topological polar surface area (TPSA) is 77.2 Å². The van der Waals surface area contributed by atoms with E-state index in [0.717, 1.165) is 9.13 Å². The van der Waals surface area contributed by atoms with Gasteiger partial charge in [0.1, 0.15) is 5.75 Å². The molecule has 3 rings (SSSR count). The van der Waals surface area contributed by atoms with Gasteiger partial charge in [-0.15, -0.1) is 0 Å². The van der Waals surface area contributed by atoms with Crippen LogP contribution in [0.2, 0.25) is 0 Å². The van der Waals surface area contributed by atoms with E-state index < -0.39 is 0 Å². The summed E-state index contributed by atoms with van der Waals surface area (Å²) in [4.78, 5) is 16.1. The van der Waals surface area contributed by atoms with Crippen molar-refractivity contribution in [3.8, 4) is 17.1 Å². The number of carbonyl (C=O) groups excluding carboxylic acids is 1. The molecule has 1 aromatic heterocycles. The van der Waals surface area contributed by atoms with Crippen LogP contribution in [-0.2, 0) is 11.3 Å². The average molecular weight is 435 g/mol. The van der Waals surface area contributed by atoms with Gasteiger partial charge in [-0.2, -0.15) is 4.98 Å². The molecule has 24 heavy (non-hydrogen) atoms. The summed E-state index contributed by atoms with van der Waals surface area (Å²) in [6, 6.07) is 17.0. The summed E-state index contributed by atoms with van der Waals surface area (Å²) < 4.78 is 11.6. The Morgan fingerprint density at radius 1 is 1.12 bits per heavy atom. The number of ether oxygens (including phenoxy) is 1. The van der Waals surface area contributed by atoms with Crippen LogP contribution in [0.5, 0.6) is 5.75 Å². The lowest BCUT2D eigenvalue weighted by molar-refractivity contribution is -0.123. The van der Waals surface area contributed by atoms with Crippen LogP contribution in [0.25, 0.3) is 11.4 Å². The zero-order chi connectivity index (χ0) is 16.8. The number of nitrogens with zero attached hydrogens (tertiary/aromatic N) is 2. The normalized spacial score (nSPS) is 10.4. The van der Waals surface area contributed by atoms with Gasteiger partial charge in [-0.25, -0.2) is 0 Å². The van der Waals surface area contributed by atoms with Crippen LogP contribution in [0.1, 0.15) is 5.89 Å². The third-order valence-corrected chi connectivity index (χ3v) is 3.84. The zero-order valence-electron chi connectivity index (χ0n) is 12.6. The second-order valence-electron chi connectivity index (χ2n) is 4.90. The molecule has 0 atom stereocenters. The Morgan fingerprint density at radius 2 is 1.88 bits per heavy atom. The molecule has 0 bridgehead atoms. The minimum Gasteiger partial charge on any atom is -0.484 e. The summed E-state index contributed by atoms with van der Waals surface area (Å²) in [5.74, 6) is 1.23. The van der Waals surface area contributed by atoms with Crippen molar-refractivity contribution in [2.24, 2.45) is 0 Å². The summed E-state index contributed by atoms with van der Waals surface area (Å²) in [6.07, 6.45) is 0. The summed E-state index contributed by atoms with van der Waals surface area (Å²) in [7, 11) is 0. The number of hydrogen-bond donors (Lipinski definition) is 1. The van der Waals surface area contributed by atoms with Crippen molar-refractivity contribution < 1.29 is 14.1 Å². The van der Waals surface area contributed by atoms with Gasteiger partial charge < -0.3 is 14.6 Å². The fourth-order valence-corrected chi connectivity index (χ4v) is 2.30. The van der Waals surface area contributed by atoms with Gasteiger partial charge in [0.25, 0.3) is 5.91 Å².